The number of ether oxygens (including phenoxy) is 1. The molecule has 0 fully saturated rings. The highest BCUT2D eigenvalue weighted by atomic mass is 16.6. The van der Waals surface area contributed by atoms with Crippen molar-refractivity contribution in [3.05, 3.63) is 0 Å². The highest BCUT2D eigenvalue weighted by Gasteiger charge is 2.48. The minimum Gasteiger partial charge on any atom is -0.312 e. The molecule has 0 aromatic heterocycles. The van der Waals surface area contributed by atoms with E-state index in [1.54, 1.807) is 14.1 Å². The van der Waals surface area contributed by atoms with Crippen LogP contribution >= 0.6 is 0 Å². The Balaban J connectivity index is 5.27. The first-order valence-electron chi connectivity index (χ1n) is 5.99. The molecule has 0 aliphatic heterocycles. The van der Waals surface area contributed by atoms with Crippen LogP contribution in [-0.4, -0.2) is 25.8 Å². The second-order valence-corrected chi connectivity index (χ2v) is 6.57. The van der Waals surface area contributed by atoms with Crippen molar-refractivity contribution in [2.24, 2.45) is 22.3 Å². The Morgan fingerprint density at radius 2 is 0.941 bits per heavy atom. The van der Waals surface area contributed by atoms with Gasteiger partial charge in [-0.25, -0.2) is 0 Å². The maximum Gasteiger partial charge on any atom is 0.180 e. The summed E-state index contributed by atoms with van der Waals surface area (Å²) >= 11 is 0. The fourth-order valence-corrected chi connectivity index (χ4v) is 1.41. The van der Waals surface area contributed by atoms with Crippen molar-refractivity contribution in [1.82, 2.24) is 10.6 Å². The molecule has 5 heteroatoms. The van der Waals surface area contributed by atoms with E-state index < -0.39 is 11.7 Å². The van der Waals surface area contributed by atoms with Gasteiger partial charge < -0.3 is 4.74 Å². The molecule has 0 saturated heterocycles. The van der Waals surface area contributed by atoms with Gasteiger partial charge in [-0.05, 0) is 14.1 Å². The van der Waals surface area contributed by atoms with Gasteiger partial charge in [-0.1, -0.05) is 41.5 Å². The van der Waals surface area contributed by atoms with Crippen LogP contribution < -0.4 is 22.1 Å². The number of rotatable bonds is 4. The molecule has 0 aromatic rings. The molecule has 0 rings (SSSR count). The van der Waals surface area contributed by atoms with Crippen LogP contribution in [-0.2, 0) is 4.74 Å². The summed E-state index contributed by atoms with van der Waals surface area (Å²) in [6.07, 6.45) is 0. The largest absolute Gasteiger partial charge is 0.312 e. The maximum absolute atomic E-state index is 6.28. The van der Waals surface area contributed by atoms with Crippen molar-refractivity contribution in [2.75, 3.05) is 14.1 Å². The second-order valence-electron chi connectivity index (χ2n) is 6.57. The van der Waals surface area contributed by atoms with Crippen molar-refractivity contribution >= 4 is 0 Å². The summed E-state index contributed by atoms with van der Waals surface area (Å²) in [5.74, 6) is -2.03. The topological polar surface area (TPSA) is 85.3 Å². The SMILES string of the molecule is CNC(N)(OC(N)(NC)C(C)(C)C)C(C)(C)C. The Morgan fingerprint density at radius 3 is 1.06 bits per heavy atom. The molecule has 0 radical (unpaired) electrons. The van der Waals surface area contributed by atoms with Gasteiger partial charge in [0.1, 0.15) is 0 Å². The number of nitrogens with one attached hydrogen (secondary N) is 2. The molecule has 0 aliphatic carbocycles. The lowest BCUT2D eigenvalue weighted by atomic mass is 9.86. The van der Waals surface area contributed by atoms with E-state index >= 15 is 0 Å². The quantitative estimate of drug-likeness (QED) is 0.550. The minimum absolute atomic E-state index is 0.297. The van der Waals surface area contributed by atoms with Gasteiger partial charge in [0, 0.05) is 10.8 Å². The monoisotopic (exact) mass is 246 g/mol. The van der Waals surface area contributed by atoms with Gasteiger partial charge in [-0.2, -0.15) is 0 Å². The van der Waals surface area contributed by atoms with E-state index in [9.17, 15) is 0 Å². The number of hydrogen-bond donors (Lipinski definition) is 4. The Labute approximate surface area is 106 Å². The summed E-state index contributed by atoms with van der Waals surface area (Å²) in [7, 11) is 3.54. The average molecular weight is 246 g/mol. The zero-order valence-electron chi connectivity index (χ0n) is 12.6. The van der Waals surface area contributed by atoms with Gasteiger partial charge in [0.15, 0.2) is 11.7 Å². The van der Waals surface area contributed by atoms with Crippen molar-refractivity contribution in [3.8, 4) is 0 Å². The Hall–Kier alpha value is -0.200. The molecule has 0 aromatic carbocycles. The van der Waals surface area contributed by atoms with Crippen molar-refractivity contribution in [1.29, 1.82) is 0 Å². The summed E-state index contributed by atoms with van der Waals surface area (Å²) in [4.78, 5) is 0. The number of hydrogen-bond acceptors (Lipinski definition) is 5. The predicted octanol–water partition coefficient (Wildman–Crippen LogP) is 0.759. The first kappa shape index (κ1) is 16.8. The summed E-state index contributed by atoms with van der Waals surface area (Å²) in [6, 6.07) is 0. The molecule has 2 atom stereocenters. The van der Waals surface area contributed by atoms with E-state index in [-0.39, 0.29) is 10.8 Å². The molecule has 0 spiro atoms. The van der Waals surface area contributed by atoms with Crippen LogP contribution in [0.2, 0.25) is 0 Å². The molecule has 17 heavy (non-hydrogen) atoms. The van der Waals surface area contributed by atoms with Gasteiger partial charge in [0.25, 0.3) is 0 Å². The molecule has 5 nitrogen and oxygen atoms in total. The van der Waals surface area contributed by atoms with Crippen LogP contribution in [0.3, 0.4) is 0 Å². The van der Waals surface area contributed by atoms with Crippen molar-refractivity contribution in [3.63, 3.8) is 0 Å². The van der Waals surface area contributed by atoms with Gasteiger partial charge >= 0.3 is 0 Å². The van der Waals surface area contributed by atoms with E-state index in [4.69, 9.17) is 16.2 Å². The molecule has 6 N–H and O–H groups in total. The van der Waals surface area contributed by atoms with Crippen molar-refractivity contribution < 1.29 is 4.74 Å². The Bertz CT molecular complexity index is 230. The maximum atomic E-state index is 6.28. The average Bonchev–Trinajstić information content (AvgIpc) is 2.13. The molecular formula is C12H30N4O. The summed E-state index contributed by atoms with van der Waals surface area (Å²) in [6.45, 7) is 12.0. The first-order chi connectivity index (χ1) is 7.33. The molecule has 0 bridgehead atoms. The van der Waals surface area contributed by atoms with Crippen molar-refractivity contribution in [2.45, 2.75) is 53.2 Å². The van der Waals surface area contributed by atoms with E-state index in [1.807, 2.05) is 41.5 Å². The second kappa shape index (κ2) is 4.82. The fraction of sp³-hybridized carbons (Fsp3) is 1.00. The molecule has 0 aliphatic rings. The predicted molar refractivity (Wildman–Crippen MR) is 72.0 cm³/mol. The van der Waals surface area contributed by atoms with E-state index in [0.717, 1.165) is 0 Å². The molecule has 0 amide bonds. The zero-order valence-corrected chi connectivity index (χ0v) is 12.6. The smallest absolute Gasteiger partial charge is 0.180 e. The third kappa shape index (κ3) is 3.39. The van der Waals surface area contributed by atoms with Gasteiger partial charge in [-0.15, -0.1) is 0 Å². The fourth-order valence-electron chi connectivity index (χ4n) is 1.41. The Kier molecular flexibility index (Phi) is 4.76. The van der Waals surface area contributed by atoms with Crippen LogP contribution in [0.5, 0.6) is 0 Å². The van der Waals surface area contributed by atoms with Gasteiger partial charge in [-0.3, -0.25) is 22.1 Å². The van der Waals surface area contributed by atoms with Crippen LogP contribution in [0.1, 0.15) is 41.5 Å². The highest BCUT2D eigenvalue weighted by molar-refractivity contribution is 4.91. The lowest BCUT2D eigenvalue weighted by Crippen LogP contribution is -2.74. The molecule has 2 unspecified atom stereocenters. The molecule has 104 valence electrons. The third-order valence-electron chi connectivity index (χ3n) is 3.29. The lowest BCUT2D eigenvalue weighted by molar-refractivity contribution is -0.256. The summed E-state index contributed by atoms with van der Waals surface area (Å²) in [5, 5.41) is 6.03. The first-order valence-corrected chi connectivity index (χ1v) is 5.99. The Morgan fingerprint density at radius 1 is 0.706 bits per heavy atom. The van der Waals surface area contributed by atoms with Crippen LogP contribution in [0.4, 0.5) is 0 Å². The standard InChI is InChI=1S/C12H30N4O/c1-9(2,3)11(13,15-7)17-12(14,16-8)10(4,5)6/h15-16H,13-14H2,1-8H3. The van der Waals surface area contributed by atoms with E-state index in [0.29, 0.717) is 0 Å². The third-order valence-corrected chi connectivity index (χ3v) is 3.29. The van der Waals surface area contributed by atoms with E-state index in [1.165, 1.54) is 0 Å². The highest BCUT2D eigenvalue weighted by Crippen LogP contribution is 2.35. The molecule has 0 saturated carbocycles. The summed E-state index contributed by atoms with van der Waals surface area (Å²) < 4.78 is 5.99. The normalized spacial score (nSPS) is 20.8. The van der Waals surface area contributed by atoms with Gasteiger partial charge in [0.2, 0.25) is 0 Å². The minimum atomic E-state index is -1.02. The van der Waals surface area contributed by atoms with Crippen LogP contribution in [0.25, 0.3) is 0 Å². The summed E-state index contributed by atoms with van der Waals surface area (Å²) in [5.41, 5.74) is 12.0. The molecular weight excluding hydrogens is 216 g/mol. The zero-order chi connectivity index (χ0) is 14.1. The van der Waals surface area contributed by atoms with E-state index in [2.05, 4.69) is 10.6 Å². The van der Waals surface area contributed by atoms with Gasteiger partial charge in [0.05, 0.1) is 0 Å². The van der Waals surface area contributed by atoms with Crippen LogP contribution in [0, 0.1) is 10.8 Å². The number of nitrogens with two attached hydrogens (primary N) is 2. The lowest BCUT2D eigenvalue weighted by Gasteiger charge is -2.50. The molecule has 0 heterocycles. The van der Waals surface area contributed by atoms with Crippen LogP contribution in [0.15, 0.2) is 0 Å².